The van der Waals surface area contributed by atoms with Crippen molar-refractivity contribution in [2.45, 2.75) is 76.0 Å². The molecule has 41 heavy (non-hydrogen) atoms. The smallest absolute Gasteiger partial charge is 0.434 e. The highest BCUT2D eigenvalue weighted by Gasteiger charge is 2.60. The Morgan fingerprint density at radius 3 is 1.95 bits per heavy atom. The topological polar surface area (TPSA) is 79.3 Å². The fourth-order valence-electron chi connectivity index (χ4n) is 4.76. The van der Waals surface area contributed by atoms with Crippen LogP contribution in [0.5, 0.6) is 0 Å². The lowest BCUT2D eigenvalue weighted by atomic mass is 9.93. The second kappa shape index (κ2) is 12.2. The van der Waals surface area contributed by atoms with Crippen LogP contribution in [0.1, 0.15) is 49.3 Å². The summed E-state index contributed by atoms with van der Waals surface area (Å²) in [6.07, 6.45) is -21.7. The molecule has 7 nitrogen and oxygen atoms in total. The molecule has 0 unspecified atom stereocenters. The third-order valence-corrected chi connectivity index (χ3v) is 7.20. The van der Waals surface area contributed by atoms with Crippen molar-refractivity contribution < 1.29 is 63.7 Å². The average molecular weight is 608 g/mol. The van der Waals surface area contributed by atoms with Gasteiger partial charge in [0.25, 0.3) is 6.10 Å². The molecule has 2 aliphatic rings. The summed E-state index contributed by atoms with van der Waals surface area (Å²) in [5.74, 6) is -1.41. The lowest BCUT2D eigenvalue weighted by Gasteiger charge is -2.39. The van der Waals surface area contributed by atoms with Gasteiger partial charge in [-0.2, -0.15) is 39.5 Å². The molecule has 1 aromatic rings. The maximum atomic E-state index is 13.6. The lowest BCUT2D eigenvalue weighted by Crippen LogP contribution is -2.51. The molecular weight excluding hydrogens is 579 g/mol. The Balaban J connectivity index is 1.61. The summed E-state index contributed by atoms with van der Waals surface area (Å²) >= 11 is 0. The molecule has 0 aromatic heterocycles. The van der Waals surface area contributed by atoms with E-state index in [1.165, 1.54) is 6.07 Å². The van der Waals surface area contributed by atoms with Crippen LogP contribution in [0.2, 0.25) is 0 Å². The van der Waals surface area contributed by atoms with E-state index in [4.69, 9.17) is 9.84 Å². The standard InChI is InChI=1S/C25H29F9N2O5/c1-22(4-8-36(9-5-22)21(39)41-20(24(29,30)31)25(32,33)34)40-14-16-10-15(11-18(12-16)23(26,27)28)13-35-6-2-17(3-7-35)19(37)38/h10-12,17,20H,2-9,13-14H2,1H3,(H,37,38). The number of carboxylic acid groups (broad SMARTS) is 1. The highest BCUT2D eigenvalue weighted by atomic mass is 19.4. The van der Waals surface area contributed by atoms with E-state index in [1.807, 2.05) is 4.90 Å². The summed E-state index contributed by atoms with van der Waals surface area (Å²) in [5.41, 5.74) is -1.40. The van der Waals surface area contributed by atoms with Crippen molar-refractivity contribution in [3.63, 3.8) is 0 Å². The number of rotatable bonds is 7. The van der Waals surface area contributed by atoms with Gasteiger partial charge in [0.05, 0.1) is 23.7 Å². The molecule has 0 aliphatic carbocycles. The van der Waals surface area contributed by atoms with Gasteiger partial charge in [-0.3, -0.25) is 9.69 Å². The minimum absolute atomic E-state index is 0.0187. The first kappa shape index (κ1) is 32.8. The molecule has 0 saturated carbocycles. The maximum absolute atomic E-state index is 13.6. The molecule has 0 atom stereocenters. The van der Waals surface area contributed by atoms with E-state index >= 15 is 0 Å². The van der Waals surface area contributed by atoms with Crippen molar-refractivity contribution in [2.24, 2.45) is 5.92 Å². The minimum Gasteiger partial charge on any atom is -0.481 e. The molecule has 1 amide bonds. The van der Waals surface area contributed by atoms with Crippen LogP contribution in [0.15, 0.2) is 18.2 Å². The summed E-state index contributed by atoms with van der Waals surface area (Å²) in [6.45, 7) is 1.68. The SMILES string of the molecule is CC1(OCc2cc(CN3CCC(C(=O)O)CC3)cc(C(F)(F)F)c2)CCN(C(=O)OC(C(F)(F)F)C(F)(F)F)CC1. The second-order valence-electron chi connectivity index (χ2n) is 10.5. The van der Waals surface area contributed by atoms with Crippen LogP contribution in [-0.2, 0) is 33.6 Å². The molecule has 16 heteroatoms. The highest BCUT2D eigenvalue weighted by Crippen LogP contribution is 2.37. The zero-order valence-corrected chi connectivity index (χ0v) is 21.8. The van der Waals surface area contributed by atoms with Crippen molar-refractivity contribution in [1.82, 2.24) is 9.80 Å². The number of nitrogens with zero attached hydrogens (tertiary/aromatic N) is 2. The number of carboxylic acids is 1. The molecule has 2 saturated heterocycles. The zero-order chi connectivity index (χ0) is 30.8. The molecule has 2 heterocycles. The van der Waals surface area contributed by atoms with Gasteiger partial charge < -0.3 is 19.5 Å². The Hall–Kier alpha value is -2.75. The number of hydrogen-bond donors (Lipinski definition) is 1. The molecule has 0 spiro atoms. The molecule has 0 radical (unpaired) electrons. The van der Waals surface area contributed by atoms with E-state index in [0.717, 1.165) is 12.1 Å². The van der Waals surface area contributed by atoms with E-state index in [-0.39, 0.29) is 44.6 Å². The summed E-state index contributed by atoms with van der Waals surface area (Å²) in [7, 11) is 0. The second-order valence-corrected chi connectivity index (χ2v) is 10.5. The van der Waals surface area contributed by atoms with Gasteiger partial charge >= 0.3 is 30.6 Å². The predicted octanol–water partition coefficient (Wildman–Crippen LogP) is 6.00. The first-order chi connectivity index (χ1) is 18.8. The molecule has 2 fully saturated rings. The lowest BCUT2D eigenvalue weighted by molar-refractivity contribution is -0.308. The molecule has 1 aromatic carbocycles. The van der Waals surface area contributed by atoms with Crippen molar-refractivity contribution in [3.8, 4) is 0 Å². The fraction of sp³-hybridized carbons (Fsp3) is 0.680. The number of ether oxygens (including phenoxy) is 2. The number of halogens is 9. The molecule has 0 bridgehead atoms. The number of carbonyl (C=O) groups excluding carboxylic acids is 1. The van der Waals surface area contributed by atoms with Gasteiger partial charge in [-0.15, -0.1) is 0 Å². The largest absolute Gasteiger partial charge is 0.481 e. The highest BCUT2D eigenvalue weighted by molar-refractivity contribution is 5.70. The number of carbonyl (C=O) groups is 2. The number of amides is 1. The van der Waals surface area contributed by atoms with Gasteiger partial charge in [-0.1, -0.05) is 6.07 Å². The first-order valence-corrected chi connectivity index (χ1v) is 12.6. The molecule has 3 rings (SSSR count). The number of hydrogen-bond acceptors (Lipinski definition) is 5. The predicted molar refractivity (Wildman–Crippen MR) is 123 cm³/mol. The summed E-state index contributed by atoms with van der Waals surface area (Å²) in [4.78, 5) is 25.7. The number of alkyl halides is 9. The van der Waals surface area contributed by atoms with Crippen LogP contribution in [0, 0.1) is 5.92 Å². The van der Waals surface area contributed by atoms with Gasteiger partial charge in [-0.05, 0) is 69.0 Å². The third kappa shape index (κ3) is 9.12. The number of likely N-dealkylation sites (tertiary alicyclic amines) is 2. The van der Waals surface area contributed by atoms with Crippen molar-refractivity contribution in [2.75, 3.05) is 26.2 Å². The van der Waals surface area contributed by atoms with E-state index in [9.17, 15) is 49.1 Å². The van der Waals surface area contributed by atoms with E-state index in [0.29, 0.717) is 36.4 Å². The minimum atomic E-state index is -5.85. The Labute approximate surface area is 229 Å². The number of aliphatic carboxylic acids is 1. The summed E-state index contributed by atoms with van der Waals surface area (Å²) in [6, 6.07) is 3.46. The van der Waals surface area contributed by atoms with Gasteiger partial charge in [0.2, 0.25) is 0 Å². The van der Waals surface area contributed by atoms with Gasteiger partial charge in [0.15, 0.2) is 0 Å². The Kier molecular flexibility index (Phi) is 9.78. The van der Waals surface area contributed by atoms with Crippen LogP contribution in [-0.4, -0.2) is 77.2 Å². The monoisotopic (exact) mass is 608 g/mol. The first-order valence-electron chi connectivity index (χ1n) is 12.6. The van der Waals surface area contributed by atoms with Crippen LogP contribution < -0.4 is 0 Å². The van der Waals surface area contributed by atoms with Crippen LogP contribution >= 0.6 is 0 Å². The van der Waals surface area contributed by atoms with Gasteiger partial charge in [0.1, 0.15) is 0 Å². The van der Waals surface area contributed by atoms with Crippen molar-refractivity contribution in [1.29, 1.82) is 0 Å². The Morgan fingerprint density at radius 2 is 1.46 bits per heavy atom. The quantitative estimate of drug-likeness (QED) is 0.383. The van der Waals surface area contributed by atoms with Crippen molar-refractivity contribution >= 4 is 12.1 Å². The normalized spacial score (nSPS) is 19.4. The van der Waals surface area contributed by atoms with Crippen LogP contribution in [0.25, 0.3) is 0 Å². The third-order valence-electron chi connectivity index (χ3n) is 7.20. The maximum Gasteiger partial charge on any atom is 0.434 e. The zero-order valence-electron chi connectivity index (χ0n) is 21.8. The number of benzene rings is 1. The van der Waals surface area contributed by atoms with E-state index < -0.39 is 53.8 Å². The fourth-order valence-corrected chi connectivity index (χ4v) is 4.76. The Bertz CT molecular complexity index is 1060. The van der Waals surface area contributed by atoms with Crippen LogP contribution in [0.4, 0.5) is 44.3 Å². The van der Waals surface area contributed by atoms with Crippen molar-refractivity contribution in [3.05, 3.63) is 34.9 Å². The molecule has 2 aliphatic heterocycles. The molecule has 232 valence electrons. The van der Waals surface area contributed by atoms with Gasteiger partial charge in [0, 0.05) is 19.6 Å². The number of piperidine rings is 2. The Morgan fingerprint density at radius 1 is 0.927 bits per heavy atom. The van der Waals surface area contributed by atoms with Crippen LogP contribution in [0.3, 0.4) is 0 Å². The summed E-state index contributed by atoms with van der Waals surface area (Å²) in [5, 5.41) is 9.13. The molecular formula is C25H29F9N2O5. The van der Waals surface area contributed by atoms with E-state index in [1.54, 1.807) is 6.92 Å². The summed E-state index contributed by atoms with van der Waals surface area (Å²) < 4.78 is 127. The average Bonchev–Trinajstić information content (AvgIpc) is 2.85. The molecule has 1 N–H and O–H groups in total. The van der Waals surface area contributed by atoms with E-state index in [2.05, 4.69) is 4.74 Å². The van der Waals surface area contributed by atoms with Gasteiger partial charge in [-0.25, -0.2) is 4.79 Å².